The minimum Gasteiger partial charge on any atom is -0.350 e. The van der Waals surface area contributed by atoms with Crippen molar-refractivity contribution in [3.63, 3.8) is 0 Å². The van der Waals surface area contributed by atoms with E-state index in [-0.39, 0.29) is 18.3 Å². The zero-order chi connectivity index (χ0) is 16.9. The van der Waals surface area contributed by atoms with Gasteiger partial charge >= 0.3 is 0 Å². The number of carbonyl (C=O) groups is 1. The van der Waals surface area contributed by atoms with Gasteiger partial charge in [0.25, 0.3) is 5.91 Å². The van der Waals surface area contributed by atoms with E-state index >= 15 is 0 Å². The molecular formula is C18H26ClN5O. The second-order valence-corrected chi connectivity index (χ2v) is 6.44. The van der Waals surface area contributed by atoms with Crippen molar-refractivity contribution in [2.75, 3.05) is 19.6 Å². The molecule has 0 bridgehead atoms. The molecule has 136 valence electrons. The predicted octanol–water partition coefficient (Wildman–Crippen LogP) is 2.21. The van der Waals surface area contributed by atoms with Gasteiger partial charge in [-0.05, 0) is 51.8 Å². The number of hydrogen-bond donors (Lipinski definition) is 2. The molecule has 0 unspecified atom stereocenters. The van der Waals surface area contributed by atoms with Crippen molar-refractivity contribution in [1.82, 2.24) is 25.6 Å². The van der Waals surface area contributed by atoms with E-state index in [0.717, 1.165) is 38.0 Å². The van der Waals surface area contributed by atoms with Crippen molar-refractivity contribution in [1.29, 1.82) is 0 Å². The van der Waals surface area contributed by atoms with Gasteiger partial charge in [-0.15, -0.1) is 17.5 Å². The van der Waals surface area contributed by atoms with Gasteiger partial charge in [0.05, 0.1) is 11.7 Å². The van der Waals surface area contributed by atoms with Crippen molar-refractivity contribution >= 4 is 18.3 Å². The first-order valence-electron chi connectivity index (χ1n) is 8.61. The van der Waals surface area contributed by atoms with Gasteiger partial charge in [-0.3, -0.25) is 4.79 Å². The number of nitrogens with zero attached hydrogens (tertiary/aromatic N) is 3. The number of rotatable bonds is 5. The van der Waals surface area contributed by atoms with Crippen LogP contribution in [0.25, 0.3) is 0 Å². The minimum absolute atomic E-state index is 0. The highest BCUT2D eigenvalue weighted by atomic mass is 35.5. The molecule has 1 aromatic heterocycles. The maximum atomic E-state index is 12.4. The number of benzene rings is 1. The highest BCUT2D eigenvalue weighted by molar-refractivity contribution is 5.93. The van der Waals surface area contributed by atoms with Crippen LogP contribution in [0.4, 0.5) is 0 Å². The second-order valence-electron chi connectivity index (χ2n) is 6.44. The minimum atomic E-state index is -0.139. The topological polar surface area (TPSA) is 71.8 Å². The standard InChI is InChI=1S/C18H25N5O.ClH/c1-13-3-5-15(6-4-13)7-12-20-18(24)17-14(2)23(22-21-17)16-8-10-19-11-9-16;/h3-6,16,19H,7-12H2,1-2H3,(H,20,24);1H. The van der Waals surface area contributed by atoms with Crippen LogP contribution in [0.2, 0.25) is 0 Å². The molecule has 25 heavy (non-hydrogen) atoms. The number of amides is 1. The molecule has 7 heteroatoms. The van der Waals surface area contributed by atoms with Crippen LogP contribution in [0, 0.1) is 13.8 Å². The summed E-state index contributed by atoms with van der Waals surface area (Å²) in [5, 5.41) is 14.6. The van der Waals surface area contributed by atoms with Crippen molar-refractivity contribution in [2.45, 2.75) is 39.2 Å². The molecule has 1 amide bonds. The molecule has 2 N–H and O–H groups in total. The summed E-state index contributed by atoms with van der Waals surface area (Å²) in [5.41, 5.74) is 3.76. The highest BCUT2D eigenvalue weighted by Crippen LogP contribution is 2.20. The van der Waals surface area contributed by atoms with Crippen molar-refractivity contribution < 1.29 is 4.79 Å². The smallest absolute Gasteiger partial charge is 0.273 e. The molecular weight excluding hydrogens is 338 g/mol. The maximum absolute atomic E-state index is 12.4. The zero-order valence-electron chi connectivity index (χ0n) is 14.8. The Hall–Kier alpha value is -1.92. The summed E-state index contributed by atoms with van der Waals surface area (Å²) in [5.74, 6) is -0.139. The van der Waals surface area contributed by atoms with E-state index in [1.165, 1.54) is 11.1 Å². The molecule has 0 atom stereocenters. The number of carbonyl (C=O) groups excluding carboxylic acids is 1. The molecule has 1 saturated heterocycles. The number of nitrogens with one attached hydrogen (secondary N) is 2. The van der Waals surface area contributed by atoms with E-state index in [1.807, 2.05) is 11.6 Å². The largest absolute Gasteiger partial charge is 0.350 e. The fourth-order valence-electron chi connectivity index (χ4n) is 3.11. The molecule has 0 saturated carbocycles. The molecule has 1 aliphatic heterocycles. The second kappa shape index (κ2) is 8.97. The van der Waals surface area contributed by atoms with Crippen LogP contribution < -0.4 is 10.6 Å². The van der Waals surface area contributed by atoms with E-state index in [9.17, 15) is 4.79 Å². The molecule has 6 nitrogen and oxygen atoms in total. The number of aryl methyl sites for hydroxylation is 1. The number of hydrogen-bond acceptors (Lipinski definition) is 4. The average Bonchev–Trinajstić information content (AvgIpc) is 2.99. The van der Waals surface area contributed by atoms with Gasteiger partial charge in [0, 0.05) is 6.54 Å². The Balaban J connectivity index is 0.00000225. The van der Waals surface area contributed by atoms with Crippen LogP contribution in [0.5, 0.6) is 0 Å². The van der Waals surface area contributed by atoms with Gasteiger partial charge in [-0.2, -0.15) is 0 Å². The Morgan fingerprint density at radius 2 is 1.92 bits per heavy atom. The quantitative estimate of drug-likeness (QED) is 0.854. The Labute approximate surface area is 154 Å². The Kier molecular flexibility index (Phi) is 6.96. The number of piperidine rings is 1. The predicted molar refractivity (Wildman–Crippen MR) is 100 cm³/mol. The molecule has 0 radical (unpaired) electrons. The highest BCUT2D eigenvalue weighted by Gasteiger charge is 2.22. The van der Waals surface area contributed by atoms with Gasteiger partial charge in [0.2, 0.25) is 0 Å². The SMILES string of the molecule is Cc1ccc(CCNC(=O)c2nnn(C3CCNCC3)c2C)cc1.Cl. The fraction of sp³-hybridized carbons (Fsp3) is 0.500. The molecule has 1 aliphatic rings. The van der Waals surface area contributed by atoms with Crippen LogP contribution in [0.1, 0.15) is 46.2 Å². The first kappa shape index (κ1) is 19.4. The summed E-state index contributed by atoms with van der Waals surface area (Å²) in [6, 6.07) is 8.71. The van der Waals surface area contributed by atoms with Gasteiger partial charge in [-0.25, -0.2) is 4.68 Å². The first-order chi connectivity index (χ1) is 11.6. The molecule has 1 aromatic carbocycles. The lowest BCUT2D eigenvalue weighted by atomic mass is 10.1. The molecule has 1 fully saturated rings. The third-order valence-corrected chi connectivity index (χ3v) is 4.62. The average molecular weight is 364 g/mol. The van der Waals surface area contributed by atoms with E-state index in [0.29, 0.717) is 18.3 Å². The summed E-state index contributed by atoms with van der Waals surface area (Å²) in [4.78, 5) is 12.4. The van der Waals surface area contributed by atoms with Gasteiger partial charge < -0.3 is 10.6 Å². The van der Waals surface area contributed by atoms with Crippen LogP contribution >= 0.6 is 12.4 Å². The molecule has 2 aromatic rings. The fourth-order valence-corrected chi connectivity index (χ4v) is 3.11. The molecule has 0 spiro atoms. The van der Waals surface area contributed by atoms with E-state index in [4.69, 9.17) is 0 Å². The zero-order valence-corrected chi connectivity index (χ0v) is 15.6. The third-order valence-electron chi connectivity index (χ3n) is 4.62. The van der Waals surface area contributed by atoms with E-state index < -0.39 is 0 Å². The Bertz CT molecular complexity index is 692. The van der Waals surface area contributed by atoms with Crippen molar-refractivity contribution in [3.05, 3.63) is 46.8 Å². The van der Waals surface area contributed by atoms with Crippen LogP contribution in [-0.4, -0.2) is 40.5 Å². The van der Waals surface area contributed by atoms with Crippen molar-refractivity contribution in [3.8, 4) is 0 Å². The summed E-state index contributed by atoms with van der Waals surface area (Å²) >= 11 is 0. The lowest BCUT2D eigenvalue weighted by Crippen LogP contribution is -2.30. The van der Waals surface area contributed by atoms with Crippen LogP contribution in [0.3, 0.4) is 0 Å². The summed E-state index contributed by atoms with van der Waals surface area (Å²) < 4.78 is 1.91. The van der Waals surface area contributed by atoms with E-state index in [2.05, 4.69) is 52.1 Å². The van der Waals surface area contributed by atoms with E-state index in [1.54, 1.807) is 0 Å². The summed E-state index contributed by atoms with van der Waals surface area (Å²) in [6.07, 6.45) is 2.87. The Morgan fingerprint density at radius 3 is 2.60 bits per heavy atom. The molecule has 0 aliphatic carbocycles. The normalized spacial score (nSPS) is 14.8. The number of aromatic nitrogens is 3. The molecule has 2 heterocycles. The molecule has 3 rings (SSSR count). The Morgan fingerprint density at radius 1 is 1.24 bits per heavy atom. The van der Waals surface area contributed by atoms with Gasteiger partial charge in [-0.1, -0.05) is 35.0 Å². The van der Waals surface area contributed by atoms with Crippen LogP contribution in [0.15, 0.2) is 24.3 Å². The maximum Gasteiger partial charge on any atom is 0.273 e. The lowest BCUT2D eigenvalue weighted by Gasteiger charge is -2.23. The first-order valence-corrected chi connectivity index (χ1v) is 8.61. The summed E-state index contributed by atoms with van der Waals surface area (Å²) in [6.45, 7) is 6.57. The lowest BCUT2D eigenvalue weighted by molar-refractivity contribution is 0.0948. The van der Waals surface area contributed by atoms with Gasteiger partial charge in [0.1, 0.15) is 0 Å². The monoisotopic (exact) mass is 363 g/mol. The summed E-state index contributed by atoms with van der Waals surface area (Å²) in [7, 11) is 0. The third kappa shape index (κ3) is 4.80. The number of halogens is 1. The van der Waals surface area contributed by atoms with Crippen molar-refractivity contribution in [2.24, 2.45) is 0 Å². The van der Waals surface area contributed by atoms with Crippen LogP contribution in [-0.2, 0) is 6.42 Å². The van der Waals surface area contributed by atoms with Gasteiger partial charge in [0.15, 0.2) is 5.69 Å².